The maximum Gasteiger partial charge on any atom is 0.333 e. The molecule has 0 unspecified atom stereocenters. The van der Waals surface area contributed by atoms with Gasteiger partial charge in [-0.05, 0) is 23.8 Å². The molecule has 1 aromatic rings. The first-order valence-electron chi connectivity index (χ1n) is 7.42. The summed E-state index contributed by atoms with van der Waals surface area (Å²) in [7, 11) is 1.30. The Labute approximate surface area is 145 Å². The summed E-state index contributed by atoms with van der Waals surface area (Å²) in [6.07, 6.45) is 2.68. The molecule has 0 radical (unpaired) electrons. The van der Waals surface area contributed by atoms with Gasteiger partial charge in [0, 0.05) is 18.1 Å². The lowest BCUT2D eigenvalue weighted by Gasteiger charge is -2.08. The number of ether oxygens (including phenoxy) is 3. The molecule has 1 rings (SSSR count). The number of Topliss-reactive ketones (excluding diaryl/α,β-unsaturated/α-hetero) is 1. The fraction of sp³-hybridized carbons (Fsp3) is 0.278. The van der Waals surface area contributed by atoms with Crippen LogP contribution in [0, 0.1) is 0 Å². The average Bonchev–Trinajstić information content (AvgIpc) is 2.63. The molecule has 0 heterocycles. The molecule has 0 saturated heterocycles. The average molecular weight is 348 g/mol. The van der Waals surface area contributed by atoms with Gasteiger partial charge < -0.3 is 19.3 Å². The summed E-state index contributed by atoms with van der Waals surface area (Å²) < 4.78 is 14.8. The monoisotopic (exact) mass is 348 g/mol. The summed E-state index contributed by atoms with van der Waals surface area (Å²) in [4.78, 5) is 33.5. The third-order valence-electron chi connectivity index (χ3n) is 2.95. The molecule has 0 spiro atoms. The molecule has 0 aromatic heterocycles. The number of rotatable bonds is 10. The Morgan fingerprint density at radius 1 is 1.16 bits per heavy atom. The zero-order valence-corrected chi connectivity index (χ0v) is 13.9. The van der Waals surface area contributed by atoms with Gasteiger partial charge in [0.05, 0.1) is 7.11 Å². The molecule has 25 heavy (non-hydrogen) atoms. The maximum atomic E-state index is 11.5. The van der Waals surface area contributed by atoms with Crippen molar-refractivity contribution in [2.45, 2.75) is 6.42 Å². The van der Waals surface area contributed by atoms with Crippen molar-refractivity contribution >= 4 is 23.8 Å². The van der Waals surface area contributed by atoms with Crippen molar-refractivity contribution in [1.82, 2.24) is 0 Å². The highest BCUT2D eigenvalue weighted by Crippen LogP contribution is 2.13. The number of aliphatic hydroxyl groups excluding tert-OH is 1. The molecule has 0 saturated carbocycles. The second-order valence-corrected chi connectivity index (χ2v) is 4.89. The minimum atomic E-state index is -0.700. The van der Waals surface area contributed by atoms with Gasteiger partial charge in [0.25, 0.3) is 0 Å². The van der Waals surface area contributed by atoms with Crippen molar-refractivity contribution < 1.29 is 33.7 Å². The molecular formula is C18H20O7. The first-order valence-corrected chi connectivity index (χ1v) is 7.42. The van der Waals surface area contributed by atoms with Crippen molar-refractivity contribution in [3.8, 4) is 5.75 Å². The fourth-order valence-corrected chi connectivity index (χ4v) is 1.67. The van der Waals surface area contributed by atoms with Crippen LogP contribution in [0.5, 0.6) is 5.75 Å². The Hall–Kier alpha value is -2.93. The lowest BCUT2D eigenvalue weighted by molar-refractivity contribution is -0.140. The minimum Gasteiger partial charge on any atom is -0.490 e. The minimum absolute atomic E-state index is 0.00480. The number of carbonyl (C=O) groups is 3. The van der Waals surface area contributed by atoms with Gasteiger partial charge in [-0.3, -0.25) is 4.79 Å². The number of hydrogen-bond acceptors (Lipinski definition) is 7. The number of methoxy groups -OCH3 is 1. The van der Waals surface area contributed by atoms with Crippen molar-refractivity contribution in [2.24, 2.45) is 0 Å². The van der Waals surface area contributed by atoms with E-state index in [0.29, 0.717) is 5.75 Å². The van der Waals surface area contributed by atoms with Crippen LogP contribution in [0.4, 0.5) is 0 Å². The van der Waals surface area contributed by atoms with Crippen molar-refractivity contribution in [3.63, 3.8) is 0 Å². The number of aliphatic hydroxyl groups is 1. The highest BCUT2D eigenvalue weighted by atomic mass is 16.6. The van der Waals surface area contributed by atoms with Crippen molar-refractivity contribution in [3.05, 3.63) is 48.1 Å². The summed E-state index contributed by atoms with van der Waals surface area (Å²) in [5, 5.41) is 8.61. The van der Waals surface area contributed by atoms with Crippen LogP contribution in [-0.2, 0) is 23.9 Å². The van der Waals surface area contributed by atoms with E-state index >= 15 is 0 Å². The van der Waals surface area contributed by atoms with E-state index in [1.807, 2.05) is 0 Å². The van der Waals surface area contributed by atoms with E-state index in [1.54, 1.807) is 30.3 Å². The number of benzene rings is 1. The number of ketones is 1. The predicted molar refractivity (Wildman–Crippen MR) is 89.8 cm³/mol. The van der Waals surface area contributed by atoms with Crippen LogP contribution in [0.15, 0.2) is 42.5 Å². The second-order valence-electron chi connectivity index (χ2n) is 4.89. The van der Waals surface area contributed by atoms with Gasteiger partial charge >= 0.3 is 11.9 Å². The fourth-order valence-electron chi connectivity index (χ4n) is 1.67. The van der Waals surface area contributed by atoms with Crippen LogP contribution in [0.1, 0.15) is 12.0 Å². The topological polar surface area (TPSA) is 99.1 Å². The van der Waals surface area contributed by atoms with E-state index in [2.05, 4.69) is 11.3 Å². The molecule has 0 bridgehead atoms. The molecule has 0 aliphatic rings. The first-order chi connectivity index (χ1) is 12.0. The number of esters is 2. The van der Waals surface area contributed by atoms with Crippen LogP contribution in [0.3, 0.4) is 0 Å². The Kier molecular flexibility index (Phi) is 8.67. The largest absolute Gasteiger partial charge is 0.490 e. The molecule has 7 nitrogen and oxygen atoms in total. The molecular weight excluding hydrogens is 328 g/mol. The van der Waals surface area contributed by atoms with E-state index in [-0.39, 0.29) is 25.2 Å². The molecule has 0 aliphatic carbocycles. The summed E-state index contributed by atoms with van der Waals surface area (Å²) >= 11 is 0. The number of hydrogen-bond donors (Lipinski definition) is 1. The molecule has 7 heteroatoms. The lowest BCUT2D eigenvalue weighted by Crippen LogP contribution is -2.16. The molecule has 0 fully saturated rings. The third kappa shape index (κ3) is 7.94. The van der Waals surface area contributed by atoms with Crippen molar-refractivity contribution in [2.75, 3.05) is 26.9 Å². The summed E-state index contributed by atoms with van der Waals surface area (Å²) in [5.74, 6) is -1.07. The van der Waals surface area contributed by atoms with Crippen LogP contribution in [-0.4, -0.2) is 49.8 Å². The third-order valence-corrected chi connectivity index (χ3v) is 2.95. The Bertz CT molecular complexity index is 644. The second kappa shape index (κ2) is 10.8. The van der Waals surface area contributed by atoms with Gasteiger partial charge in [0.2, 0.25) is 0 Å². The zero-order chi connectivity index (χ0) is 18.7. The normalized spacial score (nSPS) is 10.3. The molecule has 1 aromatic carbocycles. The molecule has 1 N–H and O–H groups in total. The van der Waals surface area contributed by atoms with Crippen molar-refractivity contribution in [1.29, 1.82) is 0 Å². The van der Waals surface area contributed by atoms with Gasteiger partial charge in [-0.15, -0.1) is 0 Å². The van der Waals surface area contributed by atoms with Gasteiger partial charge in [0.1, 0.15) is 25.6 Å². The van der Waals surface area contributed by atoms with Gasteiger partial charge in [-0.1, -0.05) is 18.7 Å². The van der Waals surface area contributed by atoms with E-state index in [4.69, 9.17) is 14.6 Å². The quantitative estimate of drug-likeness (QED) is 0.386. The van der Waals surface area contributed by atoms with E-state index in [9.17, 15) is 14.4 Å². The first kappa shape index (κ1) is 20.1. The van der Waals surface area contributed by atoms with Crippen LogP contribution in [0.25, 0.3) is 6.08 Å². The molecule has 0 aliphatic heterocycles. The van der Waals surface area contributed by atoms with Crippen LogP contribution < -0.4 is 4.74 Å². The SMILES string of the molecule is C=C(CC(=O)CO)C(=O)OCCOc1ccc(/C=C/C(=O)OC)cc1. The van der Waals surface area contributed by atoms with Gasteiger partial charge in [-0.25, -0.2) is 9.59 Å². The van der Waals surface area contributed by atoms with Crippen LogP contribution in [0.2, 0.25) is 0 Å². The summed E-state index contributed by atoms with van der Waals surface area (Å²) in [6, 6.07) is 6.92. The molecule has 0 atom stereocenters. The zero-order valence-electron chi connectivity index (χ0n) is 13.9. The summed E-state index contributed by atoms with van der Waals surface area (Å²) in [6.45, 7) is 2.92. The Morgan fingerprint density at radius 2 is 1.84 bits per heavy atom. The molecule has 134 valence electrons. The Morgan fingerprint density at radius 3 is 2.44 bits per heavy atom. The van der Waals surface area contributed by atoms with E-state index in [1.165, 1.54) is 13.2 Å². The smallest absolute Gasteiger partial charge is 0.333 e. The molecule has 0 amide bonds. The lowest BCUT2D eigenvalue weighted by atomic mass is 10.1. The standard InChI is InChI=1S/C18H20O7/c1-13(11-15(20)12-19)18(22)25-10-9-24-16-6-3-14(4-7-16)5-8-17(21)23-2/h3-8,19H,1,9-12H2,2H3/b8-5+. The number of carbonyl (C=O) groups excluding carboxylic acids is 3. The van der Waals surface area contributed by atoms with E-state index < -0.39 is 24.3 Å². The van der Waals surface area contributed by atoms with Gasteiger partial charge in [-0.2, -0.15) is 0 Å². The highest BCUT2D eigenvalue weighted by molar-refractivity contribution is 5.95. The Balaban J connectivity index is 2.33. The maximum absolute atomic E-state index is 11.5. The van der Waals surface area contributed by atoms with E-state index in [0.717, 1.165) is 5.56 Å². The highest BCUT2D eigenvalue weighted by Gasteiger charge is 2.12. The van der Waals surface area contributed by atoms with Gasteiger partial charge in [0.15, 0.2) is 5.78 Å². The van der Waals surface area contributed by atoms with Crippen LogP contribution >= 0.6 is 0 Å². The summed E-state index contributed by atoms with van der Waals surface area (Å²) in [5.41, 5.74) is 0.787. The predicted octanol–water partition coefficient (Wildman–Crippen LogP) is 1.30.